The molecule has 0 bridgehead atoms. The van der Waals surface area contributed by atoms with Crippen LogP contribution < -0.4 is 9.47 Å². The quantitative estimate of drug-likeness (QED) is 0.603. The first-order valence-electron chi connectivity index (χ1n) is 6.09. The normalized spacial score (nSPS) is 16.9. The van der Waals surface area contributed by atoms with E-state index < -0.39 is 0 Å². The molecule has 0 atom stereocenters. The van der Waals surface area contributed by atoms with Gasteiger partial charge in [-0.05, 0) is 36.0 Å². The van der Waals surface area contributed by atoms with E-state index in [1.54, 1.807) is 51.4 Å². The molecule has 1 aromatic carbocycles. The van der Waals surface area contributed by atoms with Crippen LogP contribution in [-0.2, 0) is 4.79 Å². The molecule has 1 aliphatic rings. The number of carbonyl (C=O) groups is 1. The summed E-state index contributed by atoms with van der Waals surface area (Å²) in [5, 5.41) is 0.475. The van der Waals surface area contributed by atoms with E-state index in [0.29, 0.717) is 22.3 Å². The lowest BCUT2D eigenvalue weighted by Crippen LogP contribution is -2.26. The second-order valence-corrected chi connectivity index (χ2v) is 5.68. The highest BCUT2D eigenvalue weighted by atomic mass is 79.9. The first-order chi connectivity index (χ1) is 9.90. The number of benzene rings is 1. The van der Waals surface area contributed by atoms with Crippen LogP contribution in [0.25, 0.3) is 6.08 Å². The lowest BCUT2D eigenvalue weighted by Gasteiger charge is -2.12. The maximum absolute atomic E-state index is 12.2. The predicted molar refractivity (Wildman–Crippen MR) is 88.4 cm³/mol. The molecule has 1 fully saturated rings. The predicted octanol–water partition coefficient (Wildman–Crippen LogP) is 2.50. The van der Waals surface area contributed by atoms with Gasteiger partial charge in [-0.25, -0.2) is 0 Å². The molecule has 1 heterocycles. The van der Waals surface area contributed by atoms with E-state index >= 15 is 0 Å². The summed E-state index contributed by atoms with van der Waals surface area (Å²) in [5.41, 5.74) is 1.32. The van der Waals surface area contributed by atoms with Crippen molar-refractivity contribution in [2.24, 2.45) is 0 Å². The van der Waals surface area contributed by atoms with Crippen molar-refractivity contribution in [3.63, 3.8) is 0 Å². The number of rotatable bonds is 3. The number of nitrogens with zero attached hydrogens (tertiary/aromatic N) is 2. The fraction of sp³-hybridized carbons (Fsp3) is 0.286. The zero-order valence-corrected chi connectivity index (χ0v) is 14.5. The van der Waals surface area contributed by atoms with Crippen LogP contribution in [-0.4, -0.2) is 49.1 Å². The summed E-state index contributed by atoms with van der Waals surface area (Å²) in [6, 6.07) is 3.60. The SMILES string of the molecule is COc1cc(Br)c(/C=C2\C(=O)N(C)C(=S)N2C)cc1OC. The molecule has 1 aromatic rings. The number of likely N-dealkylation sites (N-methyl/N-ethyl adjacent to an activating group) is 2. The van der Waals surface area contributed by atoms with Crippen LogP contribution in [0.4, 0.5) is 0 Å². The first-order valence-corrected chi connectivity index (χ1v) is 7.29. The smallest absolute Gasteiger partial charge is 0.276 e. The monoisotopic (exact) mass is 370 g/mol. The van der Waals surface area contributed by atoms with Crippen molar-refractivity contribution in [2.45, 2.75) is 0 Å². The van der Waals surface area contributed by atoms with E-state index in [0.717, 1.165) is 10.0 Å². The summed E-state index contributed by atoms with van der Waals surface area (Å²) in [6.45, 7) is 0. The van der Waals surface area contributed by atoms with Crippen molar-refractivity contribution in [1.82, 2.24) is 9.80 Å². The molecule has 0 spiro atoms. The van der Waals surface area contributed by atoms with Gasteiger partial charge in [0.25, 0.3) is 5.91 Å². The second-order valence-electron chi connectivity index (χ2n) is 4.46. The summed E-state index contributed by atoms with van der Waals surface area (Å²) in [4.78, 5) is 15.3. The Hall–Kier alpha value is -1.60. The van der Waals surface area contributed by atoms with Crippen molar-refractivity contribution in [3.05, 3.63) is 27.9 Å². The number of thiocarbonyl (C=S) groups is 1. The molecule has 1 amide bonds. The molecule has 21 heavy (non-hydrogen) atoms. The fourth-order valence-corrected chi connectivity index (χ4v) is 2.63. The van der Waals surface area contributed by atoms with Crippen molar-refractivity contribution < 1.29 is 14.3 Å². The molecule has 0 aliphatic carbocycles. The van der Waals surface area contributed by atoms with Gasteiger partial charge in [0.15, 0.2) is 16.6 Å². The number of methoxy groups -OCH3 is 2. The third-order valence-corrected chi connectivity index (χ3v) is 4.49. The van der Waals surface area contributed by atoms with Crippen LogP contribution >= 0.6 is 28.1 Å². The van der Waals surface area contributed by atoms with Gasteiger partial charge in [0, 0.05) is 18.6 Å². The van der Waals surface area contributed by atoms with Crippen molar-refractivity contribution in [1.29, 1.82) is 0 Å². The van der Waals surface area contributed by atoms with Crippen LogP contribution in [0.15, 0.2) is 22.3 Å². The van der Waals surface area contributed by atoms with Gasteiger partial charge in [-0.1, -0.05) is 15.9 Å². The highest BCUT2D eigenvalue weighted by Crippen LogP contribution is 2.35. The maximum Gasteiger partial charge on any atom is 0.276 e. The summed E-state index contributed by atoms with van der Waals surface area (Å²) < 4.78 is 11.3. The minimum atomic E-state index is -0.135. The molecule has 0 N–H and O–H groups in total. The van der Waals surface area contributed by atoms with Gasteiger partial charge in [-0.15, -0.1) is 0 Å². The lowest BCUT2D eigenvalue weighted by atomic mass is 10.1. The second kappa shape index (κ2) is 6.03. The van der Waals surface area contributed by atoms with Crippen molar-refractivity contribution >= 4 is 45.2 Å². The molecular formula is C14H15BrN2O3S. The number of ether oxygens (including phenoxy) is 2. The number of amides is 1. The van der Waals surface area contributed by atoms with Crippen LogP contribution in [0.1, 0.15) is 5.56 Å². The molecule has 0 saturated carbocycles. The first kappa shape index (κ1) is 15.8. The van der Waals surface area contributed by atoms with Gasteiger partial charge in [0.05, 0.1) is 14.2 Å². The average molecular weight is 371 g/mol. The van der Waals surface area contributed by atoms with Crippen LogP contribution in [0.2, 0.25) is 0 Å². The Morgan fingerprint density at radius 1 is 1.14 bits per heavy atom. The van der Waals surface area contributed by atoms with Gasteiger partial charge < -0.3 is 14.4 Å². The average Bonchev–Trinajstić information content (AvgIpc) is 2.66. The Kier molecular flexibility index (Phi) is 4.53. The molecule has 112 valence electrons. The highest BCUT2D eigenvalue weighted by Gasteiger charge is 2.32. The van der Waals surface area contributed by atoms with E-state index in [9.17, 15) is 4.79 Å². The van der Waals surface area contributed by atoms with E-state index in [-0.39, 0.29) is 5.91 Å². The maximum atomic E-state index is 12.2. The van der Waals surface area contributed by atoms with Gasteiger partial charge in [-0.2, -0.15) is 0 Å². The number of carbonyl (C=O) groups excluding carboxylic acids is 1. The van der Waals surface area contributed by atoms with Crippen molar-refractivity contribution in [3.8, 4) is 11.5 Å². The lowest BCUT2D eigenvalue weighted by molar-refractivity contribution is -0.121. The molecule has 2 rings (SSSR count). The number of halogens is 1. The van der Waals surface area contributed by atoms with E-state index in [1.165, 1.54) is 4.90 Å². The third kappa shape index (κ3) is 2.75. The van der Waals surface area contributed by atoms with E-state index in [2.05, 4.69) is 15.9 Å². The summed E-state index contributed by atoms with van der Waals surface area (Å²) in [6.07, 6.45) is 1.77. The zero-order valence-electron chi connectivity index (χ0n) is 12.1. The highest BCUT2D eigenvalue weighted by molar-refractivity contribution is 9.10. The minimum absolute atomic E-state index is 0.135. The fourth-order valence-electron chi connectivity index (χ4n) is 2.02. The van der Waals surface area contributed by atoms with Gasteiger partial charge in [0.1, 0.15) is 5.70 Å². The molecule has 0 unspecified atom stereocenters. The van der Waals surface area contributed by atoms with Gasteiger partial charge >= 0.3 is 0 Å². The molecule has 7 heteroatoms. The molecule has 5 nitrogen and oxygen atoms in total. The van der Waals surface area contributed by atoms with Crippen LogP contribution in [0.5, 0.6) is 11.5 Å². The molecule has 1 saturated heterocycles. The topological polar surface area (TPSA) is 42.0 Å². The Morgan fingerprint density at radius 3 is 2.19 bits per heavy atom. The van der Waals surface area contributed by atoms with Gasteiger partial charge in [-0.3, -0.25) is 9.69 Å². The summed E-state index contributed by atoms with van der Waals surface area (Å²) in [7, 11) is 6.57. The van der Waals surface area contributed by atoms with Crippen LogP contribution in [0, 0.1) is 0 Å². The molecule has 0 radical (unpaired) electrons. The van der Waals surface area contributed by atoms with Crippen molar-refractivity contribution in [2.75, 3.05) is 28.3 Å². The van der Waals surface area contributed by atoms with Gasteiger partial charge in [0.2, 0.25) is 0 Å². The Morgan fingerprint density at radius 2 is 1.71 bits per heavy atom. The Bertz CT molecular complexity index is 645. The zero-order chi connectivity index (χ0) is 15.7. The standard InChI is InChI=1S/C14H15BrN2O3S/c1-16-10(13(18)17(2)14(16)21)5-8-6-11(19-3)12(20-4)7-9(8)15/h5-7H,1-4H3/b10-5+. The van der Waals surface area contributed by atoms with E-state index in [4.69, 9.17) is 21.7 Å². The number of hydrogen-bond acceptors (Lipinski definition) is 4. The molecule has 0 aromatic heterocycles. The van der Waals surface area contributed by atoms with Crippen LogP contribution in [0.3, 0.4) is 0 Å². The Labute approximate surface area is 137 Å². The summed E-state index contributed by atoms with van der Waals surface area (Å²) >= 11 is 8.66. The largest absolute Gasteiger partial charge is 0.493 e. The molecule has 1 aliphatic heterocycles. The van der Waals surface area contributed by atoms with E-state index in [1.807, 2.05) is 0 Å². The number of hydrogen-bond donors (Lipinski definition) is 0. The third-order valence-electron chi connectivity index (χ3n) is 3.25. The molecular weight excluding hydrogens is 356 g/mol. The Balaban J connectivity index is 2.50. The summed E-state index contributed by atoms with van der Waals surface area (Å²) in [5.74, 6) is 1.08. The minimum Gasteiger partial charge on any atom is -0.493 e.